The SMILES string of the molecule is COc1cc(Cl)c(C)cc1NC(=O)CNc1cccc2ccccc12. The Morgan fingerprint density at radius 1 is 1.08 bits per heavy atom. The molecule has 0 unspecified atom stereocenters. The fraction of sp³-hybridized carbons (Fsp3) is 0.150. The summed E-state index contributed by atoms with van der Waals surface area (Å²) in [5.74, 6) is 0.377. The maximum absolute atomic E-state index is 12.3. The number of carbonyl (C=O) groups is 1. The molecule has 0 bridgehead atoms. The molecule has 0 heterocycles. The van der Waals surface area contributed by atoms with Crippen molar-refractivity contribution in [3.05, 3.63) is 65.2 Å². The number of ether oxygens (including phenoxy) is 1. The Morgan fingerprint density at radius 2 is 1.84 bits per heavy atom. The Balaban J connectivity index is 1.72. The molecule has 3 rings (SSSR count). The quantitative estimate of drug-likeness (QED) is 0.687. The first-order chi connectivity index (χ1) is 12.1. The summed E-state index contributed by atoms with van der Waals surface area (Å²) in [7, 11) is 1.55. The molecule has 0 saturated carbocycles. The zero-order valence-electron chi connectivity index (χ0n) is 14.1. The predicted molar refractivity (Wildman–Crippen MR) is 104 cm³/mol. The van der Waals surface area contributed by atoms with Crippen molar-refractivity contribution in [1.29, 1.82) is 0 Å². The van der Waals surface area contributed by atoms with Gasteiger partial charge in [0.25, 0.3) is 0 Å². The molecule has 3 aromatic carbocycles. The summed E-state index contributed by atoms with van der Waals surface area (Å²) in [5, 5.41) is 8.86. The van der Waals surface area contributed by atoms with Gasteiger partial charge in [0.2, 0.25) is 5.91 Å². The molecular weight excluding hydrogens is 336 g/mol. The van der Waals surface area contributed by atoms with Crippen LogP contribution < -0.4 is 15.4 Å². The second-order valence-electron chi connectivity index (χ2n) is 5.73. The minimum Gasteiger partial charge on any atom is -0.495 e. The number of nitrogens with one attached hydrogen (secondary N) is 2. The van der Waals surface area contributed by atoms with Crippen LogP contribution in [0.1, 0.15) is 5.56 Å². The van der Waals surface area contributed by atoms with E-state index in [0.717, 1.165) is 22.0 Å². The van der Waals surface area contributed by atoms with Gasteiger partial charge >= 0.3 is 0 Å². The summed E-state index contributed by atoms with van der Waals surface area (Å²) in [6, 6.07) is 17.5. The third-order valence-electron chi connectivity index (χ3n) is 3.98. The van der Waals surface area contributed by atoms with Gasteiger partial charge in [0.1, 0.15) is 5.75 Å². The van der Waals surface area contributed by atoms with E-state index in [-0.39, 0.29) is 12.5 Å². The summed E-state index contributed by atoms with van der Waals surface area (Å²) < 4.78 is 5.28. The lowest BCUT2D eigenvalue weighted by Crippen LogP contribution is -2.22. The fourth-order valence-corrected chi connectivity index (χ4v) is 2.83. The summed E-state index contributed by atoms with van der Waals surface area (Å²) in [6.45, 7) is 2.03. The third kappa shape index (κ3) is 3.86. The van der Waals surface area contributed by atoms with Crippen LogP contribution in [0, 0.1) is 6.92 Å². The molecule has 3 aromatic rings. The smallest absolute Gasteiger partial charge is 0.243 e. The van der Waals surface area contributed by atoms with Gasteiger partial charge in [0.05, 0.1) is 19.3 Å². The first-order valence-electron chi connectivity index (χ1n) is 7.94. The Bertz CT molecular complexity index is 919. The van der Waals surface area contributed by atoms with Gasteiger partial charge < -0.3 is 15.4 Å². The number of hydrogen-bond acceptors (Lipinski definition) is 3. The highest BCUT2D eigenvalue weighted by molar-refractivity contribution is 6.31. The Morgan fingerprint density at radius 3 is 2.64 bits per heavy atom. The van der Waals surface area contributed by atoms with Crippen LogP contribution in [0.2, 0.25) is 5.02 Å². The summed E-state index contributed by atoms with van der Waals surface area (Å²) in [6.07, 6.45) is 0. The first kappa shape index (κ1) is 17.1. The zero-order chi connectivity index (χ0) is 17.8. The average molecular weight is 355 g/mol. The highest BCUT2D eigenvalue weighted by Gasteiger charge is 2.10. The monoisotopic (exact) mass is 354 g/mol. The zero-order valence-corrected chi connectivity index (χ0v) is 14.9. The Hall–Kier alpha value is -2.72. The highest BCUT2D eigenvalue weighted by Crippen LogP contribution is 2.31. The van der Waals surface area contributed by atoms with E-state index in [9.17, 15) is 4.79 Å². The lowest BCUT2D eigenvalue weighted by molar-refractivity contribution is -0.114. The van der Waals surface area contributed by atoms with Crippen LogP contribution in [0.4, 0.5) is 11.4 Å². The van der Waals surface area contributed by atoms with Crippen LogP contribution in [0.15, 0.2) is 54.6 Å². The molecule has 0 aliphatic carbocycles. The number of rotatable bonds is 5. The van der Waals surface area contributed by atoms with E-state index < -0.39 is 0 Å². The fourth-order valence-electron chi connectivity index (χ4n) is 2.68. The molecule has 25 heavy (non-hydrogen) atoms. The van der Waals surface area contributed by atoms with Crippen molar-refractivity contribution < 1.29 is 9.53 Å². The maximum atomic E-state index is 12.3. The number of methoxy groups -OCH3 is 1. The normalized spacial score (nSPS) is 10.5. The van der Waals surface area contributed by atoms with E-state index in [4.69, 9.17) is 16.3 Å². The summed E-state index contributed by atoms with van der Waals surface area (Å²) in [4.78, 5) is 12.3. The molecule has 2 N–H and O–H groups in total. The minimum atomic E-state index is -0.159. The van der Waals surface area contributed by atoms with Gasteiger partial charge in [0, 0.05) is 22.2 Å². The number of hydrogen-bond donors (Lipinski definition) is 2. The van der Waals surface area contributed by atoms with Crippen molar-refractivity contribution in [2.24, 2.45) is 0 Å². The van der Waals surface area contributed by atoms with Crippen LogP contribution in [0.3, 0.4) is 0 Å². The van der Waals surface area contributed by atoms with E-state index in [1.807, 2.05) is 49.4 Å². The molecule has 0 saturated heterocycles. The van der Waals surface area contributed by atoms with E-state index in [0.29, 0.717) is 16.5 Å². The topological polar surface area (TPSA) is 50.4 Å². The van der Waals surface area contributed by atoms with Gasteiger partial charge in [-0.2, -0.15) is 0 Å². The van der Waals surface area contributed by atoms with Gasteiger partial charge in [-0.1, -0.05) is 48.0 Å². The van der Waals surface area contributed by atoms with Crippen LogP contribution in [0.25, 0.3) is 10.8 Å². The summed E-state index contributed by atoms with van der Waals surface area (Å²) in [5.41, 5.74) is 2.40. The Labute approximate surface area is 151 Å². The molecule has 128 valence electrons. The van der Waals surface area contributed by atoms with Crippen LogP contribution in [-0.2, 0) is 4.79 Å². The van der Waals surface area contributed by atoms with Gasteiger partial charge in [0.15, 0.2) is 0 Å². The number of fused-ring (bicyclic) bond motifs is 1. The molecule has 5 heteroatoms. The Kier molecular flexibility index (Phi) is 5.10. The van der Waals surface area contributed by atoms with Gasteiger partial charge in [-0.05, 0) is 30.0 Å². The second kappa shape index (κ2) is 7.45. The number of halogens is 1. The van der Waals surface area contributed by atoms with E-state index >= 15 is 0 Å². The number of amides is 1. The van der Waals surface area contributed by atoms with Crippen molar-refractivity contribution in [2.75, 3.05) is 24.3 Å². The van der Waals surface area contributed by atoms with Crippen LogP contribution >= 0.6 is 11.6 Å². The molecule has 4 nitrogen and oxygen atoms in total. The lowest BCUT2D eigenvalue weighted by Gasteiger charge is -2.13. The molecule has 0 atom stereocenters. The maximum Gasteiger partial charge on any atom is 0.243 e. The van der Waals surface area contributed by atoms with E-state index in [2.05, 4.69) is 10.6 Å². The summed E-state index contributed by atoms with van der Waals surface area (Å²) >= 11 is 6.09. The standard InChI is InChI=1S/C20H19ClN2O2/c1-13-10-18(19(25-2)11-16(13)21)23-20(24)12-22-17-9-5-7-14-6-3-4-8-15(14)17/h3-11,22H,12H2,1-2H3,(H,23,24). The molecule has 0 fully saturated rings. The minimum absolute atomic E-state index is 0.152. The van der Waals surface area contributed by atoms with Gasteiger partial charge in [-0.15, -0.1) is 0 Å². The molecule has 0 aliphatic heterocycles. The third-order valence-corrected chi connectivity index (χ3v) is 4.39. The first-order valence-corrected chi connectivity index (χ1v) is 8.32. The molecular formula is C20H19ClN2O2. The number of carbonyl (C=O) groups excluding carboxylic acids is 1. The van der Waals surface area contributed by atoms with Gasteiger partial charge in [-0.25, -0.2) is 0 Å². The lowest BCUT2D eigenvalue weighted by atomic mass is 10.1. The molecule has 0 aromatic heterocycles. The van der Waals surface area contributed by atoms with Crippen LogP contribution in [-0.4, -0.2) is 19.6 Å². The van der Waals surface area contributed by atoms with Crippen molar-refractivity contribution in [3.63, 3.8) is 0 Å². The van der Waals surface area contributed by atoms with E-state index in [1.165, 1.54) is 0 Å². The number of aryl methyl sites for hydroxylation is 1. The van der Waals surface area contributed by atoms with Crippen molar-refractivity contribution in [2.45, 2.75) is 6.92 Å². The number of benzene rings is 3. The molecule has 1 amide bonds. The largest absolute Gasteiger partial charge is 0.495 e. The molecule has 0 radical (unpaired) electrons. The van der Waals surface area contributed by atoms with Crippen molar-refractivity contribution in [3.8, 4) is 5.75 Å². The van der Waals surface area contributed by atoms with Crippen molar-refractivity contribution >= 4 is 39.7 Å². The predicted octanol–water partition coefficient (Wildman–Crippen LogP) is 4.86. The van der Waals surface area contributed by atoms with E-state index in [1.54, 1.807) is 19.2 Å². The van der Waals surface area contributed by atoms with Crippen LogP contribution in [0.5, 0.6) is 5.75 Å². The van der Waals surface area contributed by atoms with Crippen molar-refractivity contribution in [1.82, 2.24) is 0 Å². The van der Waals surface area contributed by atoms with Gasteiger partial charge in [-0.3, -0.25) is 4.79 Å². The molecule has 0 aliphatic rings. The average Bonchev–Trinajstić information content (AvgIpc) is 2.62. The molecule has 0 spiro atoms. The highest BCUT2D eigenvalue weighted by atomic mass is 35.5. The number of anilines is 2. The second-order valence-corrected chi connectivity index (χ2v) is 6.14.